The van der Waals surface area contributed by atoms with Crippen LogP contribution in [0.3, 0.4) is 0 Å². The predicted octanol–water partition coefficient (Wildman–Crippen LogP) is 4.26. The molecule has 0 spiro atoms. The molecule has 1 heterocycles. The molecule has 0 fully saturated rings. The van der Waals surface area contributed by atoms with Gasteiger partial charge < -0.3 is 15.9 Å². The van der Waals surface area contributed by atoms with Crippen molar-refractivity contribution in [3.05, 3.63) is 41.8 Å². The van der Waals surface area contributed by atoms with Gasteiger partial charge >= 0.3 is 0 Å². The average Bonchev–Trinajstić information content (AvgIpc) is 2.91. The van der Waals surface area contributed by atoms with E-state index >= 15 is 0 Å². The maximum absolute atomic E-state index is 5.87. The van der Waals surface area contributed by atoms with Crippen LogP contribution in [-0.4, -0.2) is 11.0 Å². The highest BCUT2D eigenvalue weighted by molar-refractivity contribution is 5.60. The normalized spacial score (nSPS) is 15.6. The third kappa shape index (κ3) is 4.46. The van der Waals surface area contributed by atoms with Gasteiger partial charge in [-0.3, -0.25) is 0 Å². The molecule has 1 aliphatic rings. The Hall–Kier alpha value is -2.07. The molecule has 120 valence electrons. The van der Waals surface area contributed by atoms with E-state index < -0.39 is 0 Å². The van der Waals surface area contributed by atoms with Crippen LogP contribution in [0.15, 0.2) is 34.8 Å². The lowest BCUT2D eigenvalue weighted by atomic mass is 10.1. The summed E-state index contributed by atoms with van der Waals surface area (Å²) >= 11 is 0. The van der Waals surface area contributed by atoms with E-state index in [-0.39, 0.29) is 6.04 Å². The second kappa shape index (κ2) is 9.05. The Morgan fingerprint density at radius 1 is 1.09 bits per heavy atom. The summed E-state index contributed by atoms with van der Waals surface area (Å²) in [6, 6.07) is 7.60. The van der Waals surface area contributed by atoms with Crippen molar-refractivity contribution in [1.82, 2.24) is 4.98 Å². The lowest BCUT2D eigenvalue weighted by molar-refractivity contribution is 0.562. The lowest BCUT2D eigenvalue weighted by Gasteiger charge is -2.00. The number of nitrogens with zero attached hydrogens (tertiary/aromatic N) is 1. The predicted molar refractivity (Wildman–Crippen MR) is 94.4 cm³/mol. The van der Waals surface area contributed by atoms with Crippen molar-refractivity contribution in [1.29, 1.82) is 0 Å². The topological polar surface area (TPSA) is 78.1 Å². The molecule has 1 aromatic heterocycles. The van der Waals surface area contributed by atoms with E-state index in [4.69, 9.17) is 15.9 Å². The second-order valence-corrected chi connectivity index (χ2v) is 4.51. The van der Waals surface area contributed by atoms with E-state index in [0.29, 0.717) is 5.89 Å². The fraction of sp³-hybridized carbons (Fsp3) is 0.389. The first-order chi connectivity index (χ1) is 10.7. The molecule has 0 bridgehead atoms. The summed E-state index contributed by atoms with van der Waals surface area (Å²) in [5, 5.41) is 0. The van der Waals surface area contributed by atoms with Gasteiger partial charge in [-0.2, -0.15) is 0 Å². The molecule has 4 nitrogen and oxygen atoms in total. The van der Waals surface area contributed by atoms with Gasteiger partial charge in [0.25, 0.3) is 0 Å². The fourth-order valence-electron chi connectivity index (χ4n) is 2.03. The monoisotopic (exact) mass is 301 g/mol. The molecule has 22 heavy (non-hydrogen) atoms. The Kier molecular flexibility index (Phi) is 7.40. The van der Waals surface area contributed by atoms with E-state index in [1.807, 2.05) is 64.1 Å². The fourth-order valence-corrected chi connectivity index (χ4v) is 2.03. The van der Waals surface area contributed by atoms with Gasteiger partial charge in [-0.15, -0.1) is 0 Å². The molecule has 4 heteroatoms. The highest BCUT2D eigenvalue weighted by Crippen LogP contribution is 2.26. The number of hydrogen-bond donors (Lipinski definition) is 2. The van der Waals surface area contributed by atoms with Gasteiger partial charge in [-0.05, 0) is 43.2 Å². The van der Waals surface area contributed by atoms with Crippen LogP contribution in [0.25, 0.3) is 17.5 Å². The summed E-state index contributed by atoms with van der Waals surface area (Å²) in [4.78, 5) is 4.53. The third-order valence-electron chi connectivity index (χ3n) is 3.09. The van der Waals surface area contributed by atoms with Gasteiger partial charge in [0.15, 0.2) is 5.76 Å². The minimum Gasteiger partial charge on any atom is -0.436 e. The van der Waals surface area contributed by atoms with Gasteiger partial charge in [0.1, 0.15) is 0 Å². The maximum Gasteiger partial charge on any atom is 0.226 e. The second-order valence-electron chi connectivity index (χ2n) is 4.51. The van der Waals surface area contributed by atoms with Crippen LogP contribution < -0.4 is 11.5 Å². The van der Waals surface area contributed by atoms with Crippen LogP contribution in [-0.2, 0) is 6.42 Å². The first-order valence-electron chi connectivity index (χ1n) is 8.02. The number of nitrogens with two attached hydrogens (primary N) is 2. The van der Waals surface area contributed by atoms with Crippen molar-refractivity contribution in [2.75, 3.05) is 5.73 Å². The molecule has 0 saturated heterocycles. The van der Waals surface area contributed by atoms with Crippen molar-refractivity contribution in [3.8, 4) is 11.5 Å². The summed E-state index contributed by atoms with van der Waals surface area (Å²) < 4.78 is 5.77. The molecule has 3 rings (SSSR count). The number of oxazole rings is 1. The number of hydrogen-bond acceptors (Lipinski definition) is 4. The van der Waals surface area contributed by atoms with Crippen molar-refractivity contribution in [3.63, 3.8) is 0 Å². The molecule has 4 N–H and O–H groups in total. The Labute approximate surface area is 133 Å². The quantitative estimate of drug-likeness (QED) is 0.771. The minimum atomic E-state index is 0.0920. The summed E-state index contributed by atoms with van der Waals surface area (Å²) in [6.07, 6.45) is 5.63. The molecule has 2 aromatic rings. The molecular weight excluding hydrogens is 274 g/mol. The SMILES string of the molecule is CC.CC.Nc1ccc(-c2nc3c(o2)C=CC(N)CC3)cc1. The van der Waals surface area contributed by atoms with Crippen LogP contribution in [0.1, 0.15) is 45.6 Å². The Balaban J connectivity index is 0.000000561. The van der Waals surface area contributed by atoms with Crippen LogP contribution in [0.5, 0.6) is 0 Å². The van der Waals surface area contributed by atoms with Gasteiger partial charge in [0.05, 0.1) is 5.69 Å². The zero-order chi connectivity index (χ0) is 16.5. The van der Waals surface area contributed by atoms with Gasteiger partial charge in [0, 0.05) is 17.3 Å². The van der Waals surface area contributed by atoms with E-state index in [9.17, 15) is 0 Å². The van der Waals surface area contributed by atoms with Gasteiger partial charge in [-0.1, -0.05) is 33.8 Å². The maximum atomic E-state index is 5.87. The molecule has 0 amide bonds. The zero-order valence-corrected chi connectivity index (χ0v) is 14.0. The highest BCUT2D eigenvalue weighted by atomic mass is 16.4. The van der Waals surface area contributed by atoms with Crippen molar-refractivity contribution < 1.29 is 4.42 Å². The largest absolute Gasteiger partial charge is 0.436 e. The van der Waals surface area contributed by atoms with E-state index in [1.54, 1.807) is 0 Å². The summed E-state index contributed by atoms with van der Waals surface area (Å²) in [7, 11) is 0. The first kappa shape index (κ1) is 18.0. The molecule has 1 unspecified atom stereocenters. The number of anilines is 1. The summed E-state index contributed by atoms with van der Waals surface area (Å²) in [6.45, 7) is 8.00. The highest BCUT2D eigenvalue weighted by Gasteiger charge is 2.16. The molecule has 0 saturated carbocycles. The standard InChI is InChI=1S/C14H15N3O.2C2H6/c15-10-3-1-9(2-4-10)14-17-12-7-5-11(16)6-8-13(12)18-14;2*1-2/h1-4,6,8,11H,5,7,15-16H2;2*1-2H3. The third-order valence-corrected chi connectivity index (χ3v) is 3.09. The summed E-state index contributed by atoms with van der Waals surface area (Å²) in [5.41, 5.74) is 14.2. The Bertz CT molecular complexity index is 585. The van der Waals surface area contributed by atoms with Crippen LogP contribution >= 0.6 is 0 Å². The lowest BCUT2D eigenvalue weighted by Crippen LogP contribution is -2.16. The molecule has 0 radical (unpaired) electrons. The number of benzene rings is 1. The summed E-state index contributed by atoms with van der Waals surface area (Å²) in [5.74, 6) is 1.45. The van der Waals surface area contributed by atoms with E-state index in [1.165, 1.54) is 0 Å². The number of fused-ring (bicyclic) bond motifs is 1. The first-order valence-corrected chi connectivity index (χ1v) is 8.02. The number of aromatic nitrogens is 1. The molecule has 1 atom stereocenters. The molecule has 1 aromatic carbocycles. The van der Waals surface area contributed by atoms with Crippen LogP contribution in [0, 0.1) is 0 Å². The van der Waals surface area contributed by atoms with Crippen molar-refractivity contribution >= 4 is 11.8 Å². The molecule has 1 aliphatic carbocycles. The Morgan fingerprint density at radius 3 is 2.36 bits per heavy atom. The van der Waals surface area contributed by atoms with Crippen molar-refractivity contribution in [2.24, 2.45) is 5.73 Å². The molecule has 0 aliphatic heterocycles. The Morgan fingerprint density at radius 2 is 1.73 bits per heavy atom. The van der Waals surface area contributed by atoms with Gasteiger partial charge in [0.2, 0.25) is 5.89 Å². The number of nitrogen functional groups attached to an aromatic ring is 1. The van der Waals surface area contributed by atoms with E-state index in [2.05, 4.69) is 4.98 Å². The van der Waals surface area contributed by atoms with Crippen molar-refractivity contribution in [2.45, 2.75) is 46.6 Å². The average molecular weight is 301 g/mol. The smallest absolute Gasteiger partial charge is 0.226 e. The zero-order valence-electron chi connectivity index (χ0n) is 14.0. The number of aryl methyl sites for hydroxylation is 1. The van der Waals surface area contributed by atoms with Gasteiger partial charge in [-0.25, -0.2) is 4.98 Å². The number of rotatable bonds is 1. The van der Waals surface area contributed by atoms with Crippen LogP contribution in [0.4, 0.5) is 5.69 Å². The molecular formula is C18H27N3O. The van der Waals surface area contributed by atoms with Crippen LogP contribution in [0.2, 0.25) is 0 Å². The minimum absolute atomic E-state index is 0.0920. The van der Waals surface area contributed by atoms with E-state index in [0.717, 1.165) is 35.5 Å².